The molecule has 22 heavy (non-hydrogen) atoms. The van der Waals surface area contributed by atoms with E-state index in [1.165, 1.54) is 13.2 Å². The molecule has 1 N–H and O–H groups in total. The fourth-order valence-corrected chi connectivity index (χ4v) is 2.21. The molecular weight excluding hydrogens is 285 g/mol. The van der Waals surface area contributed by atoms with Crippen LogP contribution in [0, 0.1) is 5.82 Å². The number of nitrogens with one attached hydrogen (secondary N) is 1. The molecule has 0 aromatic heterocycles. The van der Waals surface area contributed by atoms with Crippen molar-refractivity contribution < 1.29 is 18.7 Å². The maximum Gasteiger partial charge on any atom is 0.327 e. The van der Waals surface area contributed by atoms with Crippen molar-refractivity contribution in [1.29, 1.82) is 0 Å². The molecule has 0 spiro atoms. The minimum atomic E-state index is -0.879. The highest BCUT2D eigenvalue weighted by molar-refractivity contribution is 5.77. The topological polar surface area (TPSA) is 47.6 Å². The van der Waals surface area contributed by atoms with Crippen molar-refractivity contribution >= 4 is 5.97 Å². The third-order valence-electron chi connectivity index (χ3n) is 3.34. The van der Waals surface area contributed by atoms with Crippen molar-refractivity contribution in [2.24, 2.45) is 0 Å². The number of carbonyl (C=O) groups excluding carboxylic acids is 1. The van der Waals surface area contributed by atoms with E-state index in [9.17, 15) is 9.18 Å². The molecule has 1 atom stereocenters. The average Bonchev–Trinajstić information content (AvgIpc) is 2.56. The molecule has 0 aliphatic rings. The summed E-state index contributed by atoms with van der Waals surface area (Å²) in [6.45, 7) is 0.345. The quantitative estimate of drug-likeness (QED) is 0.834. The van der Waals surface area contributed by atoms with Gasteiger partial charge in [0.2, 0.25) is 0 Å². The number of para-hydroxylation sites is 1. The average molecular weight is 303 g/mol. The Morgan fingerprint density at radius 1 is 1.14 bits per heavy atom. The zero-order chi connectivity index (χ0) is 15.9. The lowest BCUT2D eigenvalue weighted by Crippen LogP contribution is -2.30. The Kier molecular flexibility index (Phi) is 5.49. The van der Waals surface area contributed by atoms with Crippen LogP contribution in [-0.2, 0) is 16.1 Å². The smallest absolute Gasteiger partial charge is 0.327 e. The van der Waals surface area contributed by atoms with Gasteiger partial charge in [-0.25, -0.2) is 9.18 Å². The van der Waals surface area contributed by atoms with E-state index in [1.54, 1.807) is 25.3 Å². The van der Waals surface area contributed by atoms with Crippen molar-refractivity contribution in [2.75, 3.05) is 14.2 Å². The molecule has 2 aromatic rings. The molecule has 0 saturated heterocycles. The highest BCUT2D eigenvalue weighted by atomic mass is 19.1. The van der Waals surface area contributed by atoms with E-state index in [2.05, 4.69) is 5.32 Å². The Balaban J connectivity index is 2.21. The van der Waals surface area contributed by atoms with Gasteiger partial charge in [0.15, 0.2) is 0 Å². The Morgan fingerprint density at radius 3 is 2.50 bits per heavy atom. The van der Waals surface area contributed by atoms with Crippen molar-refractivity contribution in [3.05, 3.63) is 65.5 Å². The predicted molar refractivity (Wildman–Crippen MR) is 81.0 cm³/mol. The number of ether oxygens (including phenoxy) is 2. The van der Waals surface area contributed by atoms with E-state index in [4.69, 9.17) is 9.47 Å². The molecule has 0 fully saturated rings. The fraction of sp³-hybridized carbons (Fsp3) is 0.235. The summed E-state index contributed by atoms with van der Waals surface area (Å²) >= 11 is 0. The Hall–Kier alpha value is -2.40. The highest BCUT2D eigenvalue weighted by Crippen LogP contribution is 2.21. The van der Waals surface area contributed by atoms with Crippen molar-refractivity contribution in [2.45, 2.75) is 12.6 Å². The molecule has 5 heteroatoms. The maximum absolute atomic E-state index is 13.9. The Bertz CT molecular complexity index is 645. The SMILES string of the molecule is COC(=O)[C@H](NCc1ccccc1OC)c1ccccc1F. The summed E-state index contributed by atoms with van der Waals surface area (Å²) in [5.74, 6) is -0.294. The minimum Gasteiger partial charge on any atom is -0.496 e. The first kappa shape index (κ1) is 16.0. The molecule has 2 aromatic carbocycles. The van der Waals surface area contributed by atoms with Crippen LogP contribution in [-0.4, -0.2) is 20.2 Å². The van der Waals surface area contributed by atoms with Gasteiger partial charge in [-0.05, 0) is 12.1 Å². The van der Waals surface area contributed by atoms with Crippen LogP contribution in [0.4, 0.5) is 4.39 Å². The van der Waals surface area contributed by atoms with Gasteiger partial charge in [-0.1, -0.05) is 36.4 Å². The van der Waals surface area contributed by atoms with Gasteiger partial charge in [0.25, 0.3) is 0 Å². The minimum absolute atomic E-state index is 0.254. The zero-order valence-electron chi connectivity index (χ0n) is 12.5. The zero-order valence-corrected chi connectivity index (χ0v) is 12.5. The normalized spacial score (nSPS) is 11.8. The molecule has 0 aliphatic carbocycles. The summed E-state index contributed by atoms with van der Waals surface area (Å²) in [6.07, 6.45) is 0. The van der Waals surface area contributed by atoms with Crippen LogP contribution in [0.3, 0.4) is 0 Å². The van der Waals surface area contributed by atoms with Crippen molar-refractivity contribution in [1.82, 2.24) is 5.32 Å². The first-order valence-electron chi connectivity index (χ1n) is 6.85. The second-order valence-electron chi connectivity index (χ2n) is 4.67. The number of hydrogen-bond acceptors (Lipinski definition) is 4. The van der Waals surface area contributed by atoms with E-state index < -0.39 is 17.8 Å². The van der Waals surface area contributed by atoms with Gasteiger partial charge < -0.3 is 9.47 Å². The van der Waals surface area contributed by atoms with Gasteiger partial charge in [-0.15, -0.1) is 0 Å². The van der Waals surface area contributed by atoms with Crippen LogP contribution in [0.15, 0.2) is 48.5 Å². The maximum atomic E-state index is 13.9. The number of carbonyl (C=O) groups is 1. The second-order valence-corrected chi connectivity index (χ2v) is 4.67. The van der Waals surface area contributed by atoms with Crippen molar-refractivity contribution in [3.8, 4) is 5.75 Å². The molecule has 0 bridgehead atoms. The standard InChI is InChI=1S/C17H18FNO3/c1-21-15-10-6-3-7-12(15)11-19-16(17(20)22-2)13-8-4-5-9-14(13)18/h3-10,16,19H,11H2,1-2H3/t16-/m1/s1. The molecule has 116 valence electrons. The van der Waals surface area contributed by atoms with Gasteiger partial charge >= 0.3 is 5.97 Å². The Morgan fingerprint density at radius 2 is 1.82 bits per heavy atom. The van der Waals surface area contributed by atoms with E-state index in [0.29, 0.717) is 12.3 Å². The molecule has 0 heterocycles. The first-order chi connectivity index (χ1) is 10.7. The first-order valence-corrected chi connectivity index (χ1v) is 6.85. The predicted octanol–water partition coefficient (Wildman–Crippen LogP) is 2.84. The number of methoxy groups -OCH3 is 2. The lowest BCUT2D eigenvalue weighted by molar-refractivity contribution is -0.143. The monoisotopic (exact) mass is 303 g/mol. The lowest BCUT2D eigenvalue weighted by atomic mass is 10.1. The number of rotatable bonds is 6. The van der Waals surface area contributed by atoms with Gasteiger partial charge in [0.05, 0.1) is 14.2 Å². The highest BCUT2D eigenvalue weighted by Gasteiger charge is 2.24. The molecule has 0 amide bonds. The van der Waals surface area contributed by atoms with Gasteiger partial charge in [-0.3, -0.25) is 5.32 Å². The second kappa shape index (κ2) is 7.56. The molecule has 0 unspecified atom stereocenters. The number of hydrogen-bond donors (Lipinski definition) is 1. The number of esters is 1. The summed E-state index contributed by atoms with van der Waals surface area (Å²) in [5, 5.41) is 3.02. The van der Waals surface area contributed by atoms with Crippen LogP contribution >= 0.6 is 0 Å². The molecule has 0 radical (unpaired) electrons. The van der Waals surface area contributed by atoms with Crippen LogP contribution in [0.5, 0.6) is 5.75 Å². The van der Waals surface area contributed by atoms with E-state index in [1.807, 2.05) is 24.3 Å². The van der Waals surface area contributed by atoms with Crippen LogP contribution in [0.2, 0.25) is 0 Å². The van der Waals surface area contributed by atoms with Gasteiger partial charge in [0, 0.05) is 17.7 Å². The van der Waals surface area contributed by atoms with Gasteiger partial charge in [0.1, 0.15) is 17.6 Å². The fourth-order valence-electron chi connectivity index (χ4n) is 2.21. The molecule has 0 saturated carbocycles. The summed E-state index contributed by atoms with van der Waals surface area (Å²) in [6, 6.07) is 12.7. The number of halogens is 1. The van der Waals surface area contributed by atoms with E-state index in [-0.39, 0.29) is 5.56 Å². The summed E-state index contributed by atoms with van der Waals surface area (Å²) < 4.78 is 24.0. The van der Waals surface area contributed by atoms with Crippen LogP contribution in [0.1, 0.15) is 17.2 Å². The Labute approximate surface area is 128 Å². The molecule has 4 nitrogen and oxygen atoms in total. The molecule has 2 rings (SSSR count). The number of benzene rings is 2. The summed E-state index contributed by atoms with van der Waals surface area (Å²) in [5.41, 5.74) is 1.12. The molecule has 0 aliphatic heterocycles. The van der Waals surface area contributed by atoms with Crippen molar-refractivity contribution in [3.63, 3.8) is 0 Å². The van der Waals surface area contributed by atoms with Crippen LogP contribution in [0.25, 0.3) is 0 Å². The lowest BCUT2D eigenvalue weighted by Gasteiger charge is -2.18. The summed E-state index contributed by atoms with van der Waals surface area (Å²) in [4.78, 5) is 12.0. The third-order valence-corrected chi connectivity index (χ3v) is 3.34. The largest absolute Gasteiger partial charge is 0.496 e. The van der Waals surface area contributed by atoms with Crippen LogP contribution < -0.4 is 10.1 Å². The van der Waals surface area contributed by atoms with E-state index >= 15 is 0 Å². The molecular formula is C17H18FNO3. The van der Waals surface area contributed by atoms with E-state index in [0.717, 1.165) is 5.56 Å². The summed E-state index contributed by atoms with van der Waals surface area (Å²) in [7, 11) is 2.86. The van der Waals surface area contributed by atoms with Gasteiger partial charge in [-0.2, -0.15) is 0 Å². The third kappa shape index (κ3) is 3.62.